The van der Waals surface area contributed by atoms with Crippen LogP contribution in [0.5, 0.6) is 0 Å². The summed E-state index contributed by atoms with van der Waals surface area (Å²) >= 11 is 13.3. The lowest BCUT2D eigenvalue weighted by Gasteiger charge is -2.13. The minimum Gasteiger partial charge on any atom is -0.351 e. The van der Waals surface area contributed by atoms with Crippen LogP contribution in [0.3, 0.4) is 0 Å². The SMILES string of the molecule is O=C(CS[C@@H]1CCc2ccccc2NC1=O)NCc1ccc(Cl)cc1Cl. The predicted octanol–water partition coefficient (Wildman–Crippen LogP) is 4.30. The molecule has 0 unspecified atom stereocenters. The molecule has 1 aliphatic heterocycles. The number of aryl methyl sites for hydroxylation is 1. The molecule has 0 saturated heterocycles. The summed E-state index contributed by atoms with van der Waals surface area (Å²) < 4.78 is 0. The third kappa shape index (κ3) is 4.93. The molecule has 2 aromatic carbocycles. The first-order valence-electron chi connectivity index (χ1n) is 8.24. The van der Waals surface area contributed by atoms with E-state index in [4.69, 9.17) is 23.2 Å². The van der Waals surface area contributed by atoms with Crippen LogP contribution in [-0.2, 0) is 22.6 Å². The van der Waals surface area contributed by atoms with E-state index in [-0.39, 0.29) is 22.8 Å². The molecule has 0 aromatic heterocycles. The van der Waals surface area contributed by atoms with Crippen molar-refractivity contribution >= 4 is 52.5 Å². The van der Waals surface area contributed by atoms with Crippen LogP contribution in [0.1, 0.15) is 17.5 Å². The van der Waals surface area contributed by atoms with Crippen LogP contribution in [0.4, 0.5) is 5.69 Å². The summed E-state index contributed by atoms with van der Waals surface area (Å²) in [5, 5.41) is 6.61. The number of hydrogen-bond donors (Lipinski definition) is 2. The highest BCUT2D eigenvalue weighted by Gasteiger charge is 2.24. The molecule has 4 nitrogen and oxygen atoms in total. The molecular weight excluding hydrogens is 391 g/mol. The number of fused-ring (bicyclic) bond motifs is 1. The summed E-state index contributed by atoms with van der Waals surface area (Å²) in [6, 6.07) is 13.0. The van der Waals surface area contributed by atoms with Gasteiger partial charge in [-0.05, 0) is 42.2 Å². The van der Waals surface area contributed by atoms with Gasteiger partial charge in [-0.2, -0.15) is 0 Å². The number of halogens is 2. The number of thioether (sulfide) groups is 1. The maximum atomic E-state index is 12.4. The van der Waals surface area contributed by atoms with E-state index in [0.29, 0.717) is 23.0 Å². The molecule has 0 radical (unpaired) electrons. The number of rotatable bonds is 5. The van der Waals surface area contributed by atoms with Gasteiger partial charge in [0.2, 0.25) is 11.8 Å². The number of hydrogen-bond acceptors (Lipinski definition) is 3. The molecule has 0 spiro atoms. The number of para-hydroxylation sites is 1. The monoisotopic (exact) mass is 408 g/mol. The lowest BCUT2D eigenvalue weighted by atomic mass is 10.1. The van der Waals surface area contributed by atoms with Gasteiger partial charge in [-0.3, -0.25) is 9.59 Å². The van der Waals surface area contributed by atoms with Crippen LogP contribution >= 0.6 is 35.0 Å². The van der Waals surface area contributed by atoms with Gasteiger partial charge in [-0.15, -0.1) is 11.8 Å². The second-order valence-electron chi connectivity index (χ2n) is 6.00. The maximum absolute atomic E-state index is 12.4. The Hall–Kier alpha value is -1.69. The average Bonchev–Trinajstić information content (AvgIpc) is 2.77. The van der Waals surface area contributed by atoms with Crippen LogP contribution in [0.15, 0.2) is 42.5 Å². The highest BCUT2D eigenvalue weighted by atomic mass is 35.5. The summed E-state index contributed by atoms with van der Waals surface area (Å²) in [5.41, 5.74) is 2.80. The standard InChI is InChI=1S/C19H18Cl2N2O2S/c20-14-7-5-13(15(21)9-14)10-22-18(24)11-26-17-8-6-12-3-1-2-4-16(12)23-19(17)25/h1-5,7,9,17H,6,8,10-11H2,(H,22,24)(H,23,25)/t17-/m1/s1. The fraction of sp³-hybridized carbons (Fsp3) is 0.263. The molecule has 26 heavy (non-hydrogen) atoms. The van der Waals surface area contributed by atoms with Gasteiger partial charge in [-0.1, -0.05) is 47.5 Å². The average molecular weight is 409 g/mol. The second kappa shape index (κ2) is 8.80. The van der Waals surface area contributed by atoms with Gasteiger partial charge >= 0.3 is 0 Å². The molecule has 0 saturated carbocycles. The molecule has 2 N–H and O–H groups in total. The lowest BCUT2D eigenvalue weighted by molar-refractivity contribution is -0.118. The van der Waals surface area contributed by atoms with Crippen molar-refractivity contribution in [2.75, 3.05) is 11.1 Å². The van der Waals surface area contributed by atoms with Gasteiger partial charge in [-0.25, -0.2) is 0 Å². The lowest BCUT2D eigenvalue weighted by Crippen LogP contribution is -2.29. The van der Waals surface area contributed by atoms with Crippen LogP contribution in [0.25, 0.3) is 0 Å². The molecule has 0 aliphatic carbocycles. The topological polar surface area (TPSA) is 58.2 Å². The molecule has 2 amide bonds. The molecule has 0 bridgehead atoms. The molecule has 0 fully saturated rings. The van der Waals surface area contributed by atoms with E-state index in [1.54, 1.807) is 18.2 Å². The highest BCUT2D eigenvalue weighted by Crippen LogP contribution is 2.27. The van der Waals surface area contributed by atoms with Crippen LogP contribution in [0, 0.1) is 0 Å². The first-order valence-corrected chi connectivity index (χ1v) is 10.0. The highest BCUT2D eigenvalue weighted by molar-refractivity contribution is 8.01. The number of nitrogens with one attached hydrogen (secondary N) is 2. The van der Waals surface area contributed by atoms with Gasteiger partial charge in [0.25, 0.3) is 0 Å². The molecule has 1 aliphatic rings. The van der Waals surface area contributed by atoms with E-state index in [1.165, 1.54) is 11.8 Å². The number of carbonyl (C=O) groups excluding carboxylic acids is 2. The van der Waals surface area contributed by atoms with Crippen LogP contribution in [-0.4, -0.2) is 22.8 Å². The Labute approximate surface area is 166 Å². The zero-order chi connectivity index (χ0) is 18.5. The number of benzene rings is 2. The Balaban J connectivity index is 1.49. The van der Waals surface area contributed by atoms with E-state index in [0.717, 1.165) is 23.2 Å². The van der Waals surface area contributed by atoms with Gasteiger partial charge in [0.15, 0.2) is 0 Å². The fourth-order valence-corrected chi connectivity index (χ4v) is 4.16. The Morgan fingerprint density at radius 2 is 2.04 bits per heavy atom. The maximum Gasteiger partial charge on any atom is 0.237 e. The summed E-state index contributed by atoms with van der Waals surface area (Å²) in [4.78, 5) is 24.5. The first-order chi connectivity index (χ1) is 12.5. The van der Waals surface area contributed by atoms with Crippen molar-refractivity contribution in [3.05, 3.63) is 63.6 Å². The minimum atomic E-state index is -0.243. The summed E-state index contributed by atoms with van der Waals surface area (Å²) in [7, 11) is 0. The fourth-order valence-electron chi connectivity index (χ4n) is 2.74. The summed E-state index contributed by atoms with van der Waals surface area (Å²) in [5.74, 6) is 0.0451. The van der Waals surface area contributed by atoms with Crippen molar-refractivity contribution in [1.82, 2.24) is 5.32 Å². The van der Waals surface area contributed by atoms with Crippen LogP contribution in [0.2, 0.25) is 10.0 Å². The third-order valence-corrected chi connectivity index (χ3v) is 6.02. The van der Waals surface area contributed by atoms with E-state index in [9.17, 15) is 9.59 Å². The number of carbonyl (C=O) groups is 2. The molecule has 7 heteroatoms. The molecule has 3 rings (SSSR count). The molecule has 136 valence electrons. The normalized spacial score (nSPS) is 16.4. The zero-order valence-electron chi connectivity index (χ0n) is 13.9. The molecule has 1 atom stereocenters. The number of anilines is 1. The molecule has 2 aromatic rings. The largest absolute Gasteiger partial charge is 0.351 e. The minimum absolute atomic E-state index is 0.0477. The van der Waals surface area contributed by atoms with Gasteiger partial charge in [0.1, 0.15) is 0 Å². The number of amides is 2. The quantitative estimate of drug-likeness (QED) is 0.775. The van der Waals surface area contributed by atoms with Crippen molar-refractivity contribution in [2.24, 2.45) is 0 Å². The van der Waals surface area contributed by atoms with Gasteiger partial charge < -0.3 is 10.6 Å². The molecular formula is C19H18Cl2N2O2S. The van der Waals surface area contributed by atoms with Crippen molar-refractivity contribution < 1.29 is 9.59 Å². The van der Waals surface area contributed by atoms with Gasteiger partial charge in [0.05, 0.1) is 11.0 Å². The van der Waals surface area contributed by atoms with Crippen molar-refractivity contribution in [3.63, 3.8) is 0 Å². The molecule has 1 heterocycles. The third-order valence-electron chi connectivity index (χ3n) is 4.15. The first kappa shape index (κ1) is 19.1. The summed E-state index contributed by atoms with van der Waals surface area (Å²) in [6.45, 7) is 0.331. The van der Waals surface area contributed by atoms with E-state index >= 15 is 0 Å². The Morgan fingerprint density at radius 1 is 1.23 bits per heavy atom. The predicted molar refractivity (Wildman–Crippen MR) is 108 cm³/mol. The summed E-state index contributed by atoms with van der Waals surface area (Å²) in [6.07, 6.45) is 1.53. The van der Waals surface area contributed by atoms with Crippen LogP contribution < -0.4 is 10.6 Å². The Bertz CT molecular complexity index is 829. The smallest absolute Gasteiger partial charge is 0.237 e. The van der Waals surface area contributed by atoms with Crippen molar-refractivity contribution in [2.45, 2.75) is 24.6 Å². The van der Waals surface area contributed by atoms with E-state index in [2.05, 4.69) is 10.6 Å². The Kier molecular flexibility index (Phi) is 6.46. The Morgan fingerprint density at radius 3 is 2.85 bits per heavy atom. The van der Waals surface area contributed by atoms with Gasteiger partial charge in [0, 0.05) is 22.3 Å². The van der Waals surface area contributed by atoms with Crippen molar-refractivity contribution in [1.29, 1.82) is 0 Å². The van der Waals surface area contributed by atoms with E-state index in [1.807, 2.05) is 24.3 Å². The zero-order valence-corrected chi connectivity index (χ0v) is 16.3. The second-order valence-corrected chi connectivity index (χ2v) is 8.03. The van der Waals surface area contributed by atoms with E-state index < -0.39 is 0 Å². The van der Waals surface area contributed by atoms with Crippen molar-refractivity contribution in [3.8, 4) is 0 Å².